The lowest BCUT2D eigenvalue weighted by molar-refractivity contribution is 0.197. The van der Waals surface area contributed by atoms with Gasteiger partial charge in [-0.25, -0.2) is 0 Å². The number of benzene rings is 1. The average Bonchev–Trinajstić information content (AvgIpc) is 2.48. The molecule has 0 bridgehead atoms. The number of hydrogen-bond acceptors (Lipinski definition) is 2. The van der Waals surface area contributed by atoms with Gasteiger partial charge in [-0.05, 0) is 86.1 Å². The number of aryl methyl sites for hydroxylation is 2. The zero-order valence-corrected chi connectivity index (χ0v) is 14.3. The highest BCUT2D eigenvalue weighted by atomic mass is 16.5. The van der Waals surface area contributed by atoms with Crippen LogP contribution in [0.3, 0.4) is 0 Å². The lowest BCUT2D eigenvalue weighted by atomic mass is 9.67. The van der Waals surface area contributed by atoms with Crippen molar-refractivity contribution in [2.45, 2.75) is 52.9 Å². The highest BCUT2D eigenvalue weighted by Crippen LogP contribution is 2.44. The molecule has 2 rings (SSSR count). The molecule has 0 heterocycles. The predicted octanol–water partition coefficient (Wildman–Crippen LogP) is 4.43. The summed E-state index contributed by atoms with van der Waals surface area (Å²) in [6, 6.07) is 4.53. The molecular formula is C19H31NO. The van der Waals surface area contributed by atoms with Gasteiger partial charge in [0.2, 0.25) is 0 Å². The molecule has 0 radical (unpaired) electrons. The minimum atomic E-state index is 0.612. The van der Waals surface area contributed by atoms with Crippen LogP contribution in [0, 0.1) is 31.6 Å². The van der Waals surface area contributed by atoms with Crippen molar-refractivity contribution in [3.63, 3.8) is 0 Å². The summed E-state index contributed by atoms with van der Waals surface area (Å²) in [5, 5.41) is 0. The molecule has 2 heteroatoms. The monoisotopic (exact) mass is 289 g/mol. The Morgan fingerprint density at radius 3 is 2.48 bits per heavy atom. The van der Waals surface area contributed by atoms with E-state index in [1.165, 1.54) is 36.0 Å². The van der Waals surface area contributed by atoms with E-state index < -0.39 is 0 Å². The Hall–Kier alpha value is -1.02. The summed E-state index contributed by atoms with van der Waals surface area (Å²) in [5.41, 5.74) is 10.2. The Balaban J connectivity index is 2.34. The molecule has 3 atom stereocenters. The molecular weight excluding hydrogens is 258 g/mol. The fraction of sp³-hybridized carbons (Fsp3) is 0.684. The molecule has 2 N–H and O–H groups in total. The Labute approximate surface area is 130 Å². The first-order chi connectivity index (χ1) is 9.97. The van der Waals surface area contributed by atoms with Gasteiger partial charge in [0.05, 0.1) is 7.11 Å². The van der Waals surface area contributed by atoms with Crippen molar-refractivity contribution in [2.75, 3.05) is 13.7 Å². The van der Waals surface area contributed by atoms with Crippen molar-refractivity contribution in [1.82, 2.24) is 0 Å². The number of nitrogens with two attached hydrogens (primary N) is 1. The molecule has 0 saturated heterocycles. The molecule has 0 amide bonds. The lowest BCUT2D eigenvalue weighted by Crippen LogP contribution is -2.31. The second-order valence-electron chi connectivity index (χ2n) is 7.10. The molecule has 1 aromatic rings. The maximum atomic E-state index is 6.07. The highest BCUT2D eigenvalue weighted by Gasteiger charge is 2.33. The van der Waals surface area contributed by atoms with Gasteiger partial charge in [0.15, 0.2) is 0 Å². The summed E-state index contributed by atoms with van der Waals surface area (Å²) >= 11 is 0. The van der Waals surface area contributed by atoms with Crippen LogP contribution in [0.4, 0.5) is 0 Å². The first kappa shape index (κ1) is 16.4. The first-order valence-electron chi connectivity index (χ1n) is 8.33. The molecule has 118 valence electrons. The Kier molecular flexibility index (Phi) is 5.32. The van der Waals surface area contributed by atoms with Crippen molar-refractivity contribution >= 4 is 0 Å². The maximum Gasteiger partial charge on any atom is 0.122 e. The fourth-order valence-corrected chi connectivity index (χ4v) is 3.97. The van der Waals surface area contributed by atoms with Gasteiger partial charge in [0.25, 0.3) is 0 Å². The summed E-state index contributed by atoms with van der Waals surface area (Å²) in [5.74, 6) is 3.84. The van der Waals surface area contributed by atoms with E-state index in [-0.39, 0.29) is 0 Å². The highest BCUT2D eigenvalue weighted by molar-refractivity contribution is 5.43. The molecule has 1 fully saturated rings. The minimum Gasteiger partial charge on any atom is -0.496 e. The minimum absolute atomic E-state index is 0.612. The van der Waals surface area contributed by atoms with Gasteiger partial charge in [0.1, 0.15) is 5.75 Å². The van der Waals surface area contributed by atoms with E-state index >= 15 is 0 Å². The zero-order valence-electron chi connectivity index (χ0n) is 14.3. The number of hydrogen-bond donors (Lipinski definition) is 1. The first-order valence-corrected chi connectivity index (χ1v) is 8.33. The van der Waals surface area contributed by atoms with Crippen molar-refractivity contribution in [1.29, 1.82) is 0 Å². The third-order valence-corrected chi connectivity index (χ3v) is 5.46. The molecule has 3 unspecified atom stereocenters. The van der Waals surface area contributed by atoms with Crippen LogP contribution < -0.4 is 10.5 Å². The molecule has 0 spiro atoms. The number of rotatable bonds is 4. The molecule has 2 nitrogen and oxygen atoms in total. The second kappa shape index (κ2) is 6.83. The molecule has 21 heavy (non-hydrogen) atoms. The van der Waals surface area contributed by atoms with Crippen LogP contribution in [-0.4, -0.2) is 13.7 Å². The van der Waals surface area contributed by atoms with Gasteiger partial charge < -0.3 is 10.5 Å². The van der Waals surface area contributed by atoms with Gasteiger partial charge in [-0.3, -0.25) is 0 Å². The lowest BCUT2D eigenvalue weighted by Gasteiger charge is -2.38. The molecule has 1 saturated carbocycles. The third-order valence-electron chi connectivity index (χ3n) is 5.46. The zero-order chi connectivity index (χ0) is 15.6. The van der Waals surface area contributed by atoms with E-state index in [0.29, 0.717) is 11.8 Å². The average molecular weight is 289 g/mol. The summed E-state index contributed by atoms with van der Waals surface area (Å²) in [6.07, 6.45) is 3.89. The van der Waals surface area contributed by atoms with Crippen molar-refractivity contribution in [2.24, 2.45) is 23.5 Å². The molecule has 0 aliphatic heterocycles. The molecule has 0 aromatic heterocycles. The van der Waals surface area contributed by atoms with Crippen LogP contribution in [-0.2, 0) is 0 Å². The molecule has 1 aromatic carbocycles. The third kappa shape index (κ3) is 3.42. The number of ether oxygens (including phenoxy) is 1. The van der Waals surface area contributed by atoms with Gasteiger partial charge in [-0.15, -0.1) is 0 Å². The Morgan fingerprint density at radius 1 is 1.19 bits per heavy atom. The topological polar surface area (TPSA) is 35.2 Å². The van der Waals surface area contributed by atoms with E-state index in [1.807, 2.05) is 0 Å². The summed E-state index contributed by atoms with van der Waals surface area (Å²) in [7, 11) is 1.75. The smallest absolute Gasteiger partial charge is 0.122 e. The van der Waals surface area contributed by atoms with Gasteiger partial charge in [-0.1, -0.05) is 19.9 Å². The number of methoxy groups -OCH3 is 1. The van der Waals surface area contributed by atoms with E-state index in [4.69, 9.17) is 10.5 Å². The Bertz CT molecular complexity index is 481. The van der Waals surface area contributed by atoms with Crippen LogP contribution in [0.15, 0.2) is 12.1 Å². The summed E-state index contributed by atoms with van der Waals surface area (Å²) < 4.78 is 5.46. The summed E-state index contributed by atoms with van der Waals surface area (Å²) in [6.45, 7) is 9.87. The van der Waals surface area contributed by atoms with Crippen LogP contribution in [0.5, 0.6) is 5.75 Å². The molecule has 1 aliphatic carbocycles. The van der Waals surface area contributed by atoms with Gasteiger partial charge >= 0.3 is 0 Å². The van der Waals surface area contributed by atoms with E-state index in [0.717, 1.165) is 24.1 Å². The van der Waals surface area contributed by atoms with Crippen LogP contribution in [0.2, 0.25) is 0 Å². The Morgan fingerprint density at radius 2 is 1.90 bits per heavy atom. The standard InChI is InChI=1S/C19H31NO/c1-12(2)15-6-7-16(11-20)18(10-15)17-8-14(4)19(21-5)9-13(17)3/h8-9,12,15-16,18H,6-7,10-11,20H2,1-5H3. The SMILES string of the molecule is COc1cc(C)c(C2CC(C(C)C)CCC2CN)cc1C. The van der Waals surface area contributed by atoms with E-state index in [9.17, 15) is 0 Å². The van der Waals surface area contributed by atoms with Crippen molar-refractivity contribution in [3.8, 4) is 5.75 Å². The van der Waals surface area contributed by atoms with Crippen LogP contribution in [0.1, 0.15) is 55.7 Å². The summed E-state index contributed by atoms with van der Waals surface area (Å²) in [4.78, 5) is 0. The largest absolute Gasteiger partial charge is 0.496 e. The fourth-order valence-electron chi connectivity index (χ4n) is 3.97. The molecule has 1 aliphatic rings. The maximum absolute atomic E-state index is 6.07. The van der Waals surface area contributed by atoms with Crippen LogP contribution in [0.25, 0.3) is 0 Å². The normalized spacial score (nSPS) is 26.1. The van der Waals surface area contributed by atoms with E-state index in [2.05, 4.69) is 39.8 Å². The second-order valence-corrected chi connectivity index (χ2v) is 7.10. The quantitative estimate of drug-likeness (QED) is 0.890. The van der Waals surface area contributed by atoms with Crippen molar-refractivity contribution in [3.05, 3.63) is 28.8 Å². The van der Waals surface area contributed by atoms with Gasteiger partial charge in [-0.2, -0.15) is 0 Å². The predicted molar refractivity (Wildman–Crippen MR) is 89.9 cm³/mol. The van der Waals surface area contributed by atoms with Gasteiger partial charge in [0, 0.05) is 0 Å². The van der Waals surface area contributed by atoms with Crippen LogP contribution >= 0.6 is 0 Å². The van der Waals surface area contributed by atoms with E-state index in [1.54, 1.807) is 7.11 Å². The van der Waals surface area contributed by atoms with Crippen molar-refractivity contribution < 1.29 is 4.74 Å².